The number of nitrogens with zero attached hydrogens (tertiary/aromatic N) is 2. The molecule has 0 unspecified atom stereocenters. The lowest BCUT2D eigenvalue weighted by molar-refractivity contribution is -0.768. The summed E-state index contributed by atoms with van der Waals surface area (Å²) in [5.74, 6) is -3.99. The van der Waals surface area contributed by atoms with Crippen LogP contribution in [0.25, 0.3) is 0 Å². The Hall–Kier alpha value is -3.53. The molecule has 16 heteroatoms. The molecule has 0 bridgehead atoms. The first-order valence-corrected chi connectivity index (χ1v) is 8.87. The van der Waals surface area contributed by atoms with Crippen LogP contribution in [-0.2, 0) is 29.4 Å². The minimum Gasteiger partial charge on any atom is -0.426 e. The van der Waals surface area contributed by atoms with E-state index >= 15 is 0 Å². The van der Waals surface area contributed by atoms with E-state index < -0.39 is 68.4 Å². The Morgan fingerprint density at radius 3 is 2.10 bits per heavy atom. The van der Waals surface area contributed by atoms with Crippen molar-refractivity contribution in [2.45, 2.75) is 18.2 Å². The summed E-state index contributed by atoms with van der Waals surface area (Å²) in [6, 6.07) is 2.68. The molecular formula is C13H14N2O13S. The summed E-state index contributed by atoms with van der Waals surface area (Å²) in [5.41, 5.74) is 0. The predicted octanol–water partition coefficient (Wildman–Crippen LogP) is 0.187. The van der Waals surface area contributed by atoms with E-state index in [-0.39, 0.29) is 5.75 Å². The van der Waals surface area contributed by atoms with E-state index in [0.29, 0.717) is 6.07 Å². The summed E-state index contributed by atoms with van der Waals surface area (Å²) in [4.78, 5) is 50.7. The molecule has 15 nitrogen and oxygen atoms in total. The normalized spacial score (nSPS) is 10.9. The average Bonchev–Trinajstić information content (AvgIpc) is 2.57. The molecule has 29 heavy (non-hydrogen) atoms. The summed E-state index contributed by atoms with van der Waals surface area (Å²) in [5, 5.41) is 18.1. The van der Waals surface area contributed by atoms with Crippen molar-refractivity contribution in [3.8, 4) is 11.5 Å². The van der Waals surface area contributed by atoms with Gasteiger partial charge in [-0.25, -0.2) is 0 Å². The lowest BCUT2D eigenvalue weighted by atomic mass is 10.1. The third-order valence-electron chi connectivity index (χ3n) is 2.97. The summed E-state index contributed by atoms with van der Waals surface area (Å²) in [6.45, 7) is -0.433. The largest absolute Gasteiger partial charge is 0.426 e. The van der Waals surface area contributed by atoms with Gasteiger partial charge in [0.1, 0.15) is 23.9 Å². The number of carbonyl (C=O) groups is 2. The van der Waals surface area contributed by atoms with Gasteiger partial charge in [-0.1, -0.05) is 0 Å². The highest BCUT2D eigenvalue weighted by Crippen LogP contribution is 2.29. The first kappa shape index (κ1) is 23.5. The Labute approximate surface area is 162 Å². The number of ether oxygens (including phenoxy) is 2. The van der Waals surface area contributed by atoms with E-state index in [1.807, 2.05) is 0 Å². The number of rotatable bonds is 11. The van der Waals surface area contributed by atoms with Crippen LogP contribution in [0.3, 0.4) is 0 Å². The minimum absolute atomic E-state index is 0.386. The third-order valence-corrected chi connectivity index (χ3v) is 3.84. The van der Waals surface area contributed by atoms with Gasteiger partial charge in [0.2, 0.25) is 0 Å². The lowest BCUT2D eigenvalue weighted by Crippen LogP contribution is -2.25. The molecule has 0 fully saturated rings. The van der Waals surface area contributed by atoms with E-state index in [9.17, 15) is 42.8 Å². The second-order valence-corrected chi connectivity index (χ2v) is 6.65. The highest BCUT2D eigenvalue weighted by atomic mass is 32.2. The molecule has 0 aliphatic rings. The first-order chi connectivity index (χ1) is 13.4. The van der Waals surface area contributed by atoms with Gasteiger partial charge in [0, 0.05) is 18.9 Å². The Morgan fingerprint density at radius 2 is 1.66 bits per heavy atom. The zero-order valence-corrected chi connectivity index (χ0v) is 15.4. The number of hydrogen-bond acceptors (Lipinski definition) is 12. The Morgan fingerprint density at radius 1 is 1.10 bits per heavy atom. The van der Waals surface area contributed by atoms with E-state index in [0.717, 1.165) is 19.1 Å². The molecule has 160 valence electrons. The Bertz CT molecular complexity index is 880. The Balaban J connectivity index is 2.93. The fraction of sp³-hybridized carbons (Fsp3) is 0.385. The quantitative estimate of drug-likeness (QED) is 0.161. The summed E-state index contributed by atoms with van der Waals surface area (Å²) in [7, 11) is -4.86. The second kappa shape index (κ2) is 10.1. The molecule has 0 aromatic heterocycles. The molecule has 0 saturated heterocycles. The van der Waals surface area contributed by atoms with E-state index in [1.165, 1.54) is 0 Å². The van der Waals surface area contributed by atoms with Crippen LogP contribution < -0.4 is 9.47 Å². The van der Waals surface area contributed by atoms with Crippen molar-refractivity contribution in [2.75, 3.05) is 13.2 Å². The molecule has 0 radical (unpaired) electrons. The standard InChI is InChI=1S/C13H14N2O13S/c1-8(16)27-11-3-2-10(5-12(11)29(22,23)24)28-13(17)4-9(6-25-14(18)19)7-26-15(20)21/h2-3,5,9H,4,6-7H2,1H3,(H,22,23,24). The van der Waals surface area contributed by atoms with Crippen molar-refractivity contribution in [3.05, 3.63) is 38.4 Å². The van der Waals surface area contributed by atoms with Crippen LogP contribution in [0.1, 0.15) is 13.3 Å². The van der Waals surface area contributed by atoms with Crippen molar-refractivity contribution in [1.29, 1.82) is 0 Å². The molecule has 1 rings (SSSR count). The van der Waals surface area contributed by atoms with Gasteiger partial charge in [-0.05, 0) is 12.1 Å². The second-order valence-electron chi connectivity index (χ2n) is 5.26. The van der Waals surface area contributed by atoms with Crippen LogP contribution in [0.2, 0.25) is 0 Å². The zero-order chi connectivity index (χ0) is 22.2. The van der Waals surface area contributed by atoms with E-state index in [2.05, 4.69) is 14.4 Å². The SMILES string of the molecule is CC(=O)Oc1ccc(OC(=O)CC(CO[N+](=O)[O-])CO[N+](=O)[O-])cc1S(=O)(=O)O. The van der Waals surface area contributed by atoms with Crippen LogP contribution in [0.15, 0.2) is 23.1 Å². The highest BCUT2D eigenvalue weighted by Gasteiger charge is 2.22. The van der Waals surface area contributed by atoms with Gasteiger partial charge >= 0.3 is 11.9 Å². The van der Waals surface area contributed by atoms with Crippen LogP contribution in [0.5, 0.6) is 11.5 Å². The smallest absolute Gasteiger partial charge is 0.311 e. The van der Waals surface area contributed by atoms with Crippen molar-refractivity contribution in [1.82, 2.24) is 0 Å². The van der Waals surface area contributed by atoms with Crippen molar-refractivity contribution >= 4 is 22.1 Å². The molecule has 0 aliphatic heterocycles. The zero-order valence-electron chi connectivity index (χ0n) is 14.6. The molecule has 0 spiro atoms. The van der Waals surface area contributed by atoms with Crippen LogP contribution in [0.4, 0.5) is 0 Å². The molecule has 0 aliphatic carbocycles. The van der Waals surface area contributed by atoms with E-state index in [4.69, 9.17) is 4.74 Å². The number of esters is 2. The van der Waals surface area contributed by atoms with Crippen LogP contribution >= 0.6 is 0 Å². The molecule has 0 saturated carbocycles. The molecule has 1 aromatic rings. The van der Waals surface area contributed by atoms with Crippen molar-refractivity contribution in [3.63, 3.8) is 0 Å². The number of carbonyl (C=O) groups excluding carboxylic acids is 2. The van der Waals surface area contributed by atoms with Gasteiger partial charge in [-0.2, -0.15) is 8.42 Å². The number of benzene rings is 1. The summed E-state index contributed by atoms with van der Waals surface area (Å²) in [6.07, 6.45) is -0.630. The van der Waals surface area contributed by atoms with Gasteiger partial charge in [-0.3, -0.25) is 14.1 Å². The topological polar surface area (TPSA) is 212 Å². The van der Waals surface area contributed by atoms with Gasteiger partial charge in [0.15, 0.2) is 5.75 Å². The Kier molecular flexibility index (Phi) is 8.22. The van der Waals surface area contributed by atoms with Gasteiger partial charge in [0.05, 0.1) is 6.42 Å². The fourth-order valence-corrected chi connectivity index (χ4v) is 2.53. The maximum atomic E-state index is 12.0. The average molecular weight is 438 g/mol. The fourth-order valence-electron chi connectivity index (χ4n) is 1.90. The predicted molar refractivity (Wildman–Crippen MR) is 87.2 cm³/mol. The summed E-state index contributed by atoms with van der Waals surface area (Å²) < 4.78 is 41.5. The number of hydrogen-bond donors (Lipinski definition) is 1. The van der Waals surface area contributed by atoms with Crippen molar-refractivity contribution < 1.29 is 51.9 Å². The maximum Gasteiger partial charge on any atom is 0.311 e. The molecular weight excluding hydrogens is 424 g/mol. The lowest BCUT2D eigenvalue weighted by Gasteiger charge is -2.14. The monoisotopic (exact) mass is 438 g/mol. The van der Waals surface area contributed by atoms with Crippen LogP contribution in [0, 0.1) is 26.1 Å². The molecule has 0 heterocycles. The third kappa shape index (κ3) is 8.80. The van der Waals surface area contributed by atoms with Gasteiger partial charge in [-0.15, -0.1) is 20.2 Å². The van der Waals surface area contributed by atoms with Gasteiger partial charge in [0.25, 0.3) is 20.3 Å². The molecule has 1 aromatic carbocycles. The van der Waals surface area contributed by atoms with Crippen LogP contribution in [-0.4, -0.2) is 48.3 Å². The van der Waals surface area contributed by atoms with E-state index in [1.54, 1.807) is 0 Å². The maximum absolute atomic E-state index is 12.0. The first-order valence-electron chi connectivity index (χ1n) is 7.43. The van der Waals surface area contributed by atoms with Gasteiger partial charge < -0.3 is 19.1 Å². The molecule has 1 N–H and O–H groups in total. The van der Waals surface area contributed by atoms with Crippen molar-refractivity contribution in [2.24, 2.45) is 5.92 Å². The summed E-state index contributed by atoms with van der Waals surface area (Å²) >= 11 is 0. The molecule has 0 amide bonds. The minimum atomic E-state index is -4.86. The highest BCUT2D eigenvalue weighted by molar-refractivity contribution is 7.86. The molecule has 0 atom stereocenters.